The Kier molecular flexibility index (Phi) is 2.72. The molecule has 0 spiro atoms. The average molecular weight is 223 g/mol. The van der Waals surface area contributed by atoms with E-state index in [1.54, 1.807) is 6.20 Å². The van der Waals surface area contributed by atoms with Crippen molar-refractivity contribution in [3.05, 3.63) is 28.5 Å². The molecule has 0 aliphatic rings. The highest BCUT2D eigenvalue weighted by Gasteiger charge is 2.08. The van der Waals surface area contributed by atoms with Crippen LogP contribution in [0.15, 0.2) is 12.4 Å². The van der Waals surface area contributed by atoms with Gasteiger partial charge in [-0.2, -0.15) is 5.10 Å². The predicted molar refractivity (Wildman–Crippen MR) is 54.4 cm³/mol. The van der Waals surface area contributed by atoms with Crippen LogP contribution in [0.4, 0.5) is 0 Å². The SMILES string of the molecule is Cc1[nH]ncc1CNC(=O)c1cnns1. The third-order valence-corrected chi connectivity index (χ3v) is 2.62. The fraction of sp³-hybridized carbons (Fsp3) is 0.250. The lowest BCUT2D eigenvalue weighted by Crippen LogP contribution is -2.21. The van der Waals surface area contributed by atoms with Gasteiger partial charge in [0.05, 0.1) is 12.4 Å². The highest BCUT2D eigenvalue weighted by atomic mass is 32.1. The van der Waals surface area contributed by atoms with Crippen molar-refractivity contribution in [3.8, 4) is 0 Å². The van der Waals surface area contributed by atoms with Gasteiger partial charge in [0, 0.05) is 17.8 Å². The third-order valence-electron chi connectivity index (χ3n) is 1.96. The summed E-state index contributed by atoms with van der Waals surface area (Å²) < 4.78 is 3.62. The number of hydrogen-bond acceptors (Lipinski definition) is 5. The smallest absolute Gasteiger partial charge is 0.264 e. The number of H-pyrrole nitrogens is 1. The quantitative estimate of drug-likeness (QED) is 0.793. The van der Waals surface area contributed by atoms with Crippen molar-refractivity contribution < 1.29 is 4.79 Å². The molecule has 78 valence electrons. The largest absolute Gasteiger partial charge is 0.347 e. The number of hydrogen-bond donors (Lipinski definition) is 2. The minimum atomic E-state index is -0.161. The molecule has 0 fully saturated rings. The number of amides is 1. The van der Waals surface area contributed by atoms with E-state index >= 15 is 0 Å². The topological polar surface area (TPSA) is 83.6 Å². The van der Waals surface area contributed by atoms with Gasteiger partial charge in [0.15, 0.2) is 0 Å². The molecule has 2 aromatic rings. The first-order valence-corrected chi connectivity index (χ1v) is 5.09. The van der Waals surface area contributed by atoms with E-state index in [-0.39, 0.29) is 5.91 Å². The maximum Gasteiger partial charge on any atom is 0.264 e. The summed E-state index contributed by atoms with van der Waals surface area (Å²) in [4.78, 5) is 12.0. The van der Waals surface area contributed by atoms with Crippen LogP contribution in [0.1, 0.15) is 20.9 Å². The lowest BCUT2D eigenvalue weighted by molar-refractivity contribution is 0.0955. The zero-order valence-electron chi connectivity index (χ0n) is 8.02. The number of aromatic amines is 1. The van der Waals surface area contributed by atoms with Crippen molar-refractivity contribution in [2.45, 2.75) is 13.5 Å². The summed E-state index contributed by atoms with van der Waals surface area (Å²) in [5, 5.41) is 13.0. The van der Waals surface area contributed by atoms with Crippen molar-refractivity contribution >= 4 is 17.4 Å². The van der Waals surface area contributed by atoms with Crippen LogP contribution >= 0.6 is 11.5 Å². The number of carbonyl (C=O) groups excluding carboxylic acids is 1. The number of nitrogens with one attached hydrogen (secondary N) is 2. The molecule has 15 heavy (non-hydrogen) atoms. The Hall–Kier alpha value is -1.76. The molecular weight excluding hydrogens is 214 g/mol. The lowest BCUT2D eigenvalue weighted by Gasteiger charge is -2.00. The third kappa shape index (κ3) is 2.18. The molecule has 1 amide bonds. The van der Waals surface area contributed by atoms with Crippen LogP contribution in [0.5, 0.6) is 0 Å². The number of rotatable bonds is 3. The minimum absolute atomic E-state index is 0.161. The number of aryl methyl sites for hydroxylation is 1. The highest BCUT2D eigenvalue weighted by molar-refractivity contribution is 7.07. The molecule has 0 saturated carbocycles. The molecule has 0 saturated heterocycles. The molecule has 0 aromatic carbocycles. The second kappa shape index (κ2) is 4.18. The van der Waals surface area contributed by atoms with E-state index in [1.807, 2.05) is 6.92 Å². The van der Waals surface area contributed by atoms with Crippen molar-refractivity contribution in [3.63, 3.8) is 0 Å². The zero-order chi connectivity index (χ0) is 10.7. The summed E-state index contributed by atoms with van der Waals surface area (Å²) >= 11 is 1.08. The maximum absolute atomic E-state index is 11.5. The number of carbonyl (C=O) groups is 1. The number of aromatic nitrogens is 4. The first-order valence-electron chi connectivity index (χ1n) is 4.32. The van der Waals surface area contributed by atoms with Gasteiger partial charge in [-0.1, -0.05) is 4.49 Å². The fourth-order valence-electron chi connectivity index (χ4n) is 1.08. The van der Waals surface area contributed by atoms with E-state index in [0.29, 0.717) is 11.4 Å². The average Bonchev–Trinajstić information content (AvgIpc) is 2.85. The van der Waals surface area contributed by atoms with Crippen LogP contribution in [0.2, 0.25) is 0 Å². The molecule has 7 heteroatoms. The zero-order valence-corrected chi connectivity index (χ0v) is 8.84. The van der Waals surface area contributed by atoms with Gasteiger partial charge in [-0.05, 0) is 18.5 Å². The molecule has 2 rings (SSSR count). The molecule has 0 radical (unpaired) electrons. The van der Waals surface area contributed by atoms with Gasteiger partial charge in [-0.3, -0.25) is 9.89 Å². The van der Waals surface area contributed by atoms with Crippen LogP contribution in [-0.4, -0.2) is 25.7 Å². The molecule has 0 atom stereocenters. The summed E-state index contributed by atoms with van der Waals surface area (Å²) in [5.41, 5.74) is 1.93. The first-order chi connectivity index (χ1) is 7.27. The molecule has 2 N–H and O–H groups in total. The van der Waals surface area contributed by atoms with E-state index in [1.165, 1.54) is 6.20 Å². The summed E-state index contributed by atoms with van der Waals surface area (Å²) in [7, 11) is 0. The molecule has 0 aliphatic carbocycles. The van der Waals surface area contributed by atoms with Crippen LogP contribution in [0.25, 0.3) is 0 Å². The van der Waals surface area contributed by atoms with Crippen LogP contribution in [0.3, 0.4) is 0 Å². The van der Waals surface area contributed by atoms with Gasteiger partial charge in [-0.25, -0.2) is 0 Å². The Morgan fingerprint density at radius 1 is 1.60 bits per heavy atom. The standard InChI is InChI=1S/C8H9N5OS/c1-5-6(3-10-12-5)2-9-8(14)7-4-11-13-15-7/h3-4H,2H2,1H3,(H,9,14)(H,10,12). The van der Waals surface area contributed by atoms with Crippen LogP contribution in [0, 0.1) is 6.92 Å². The van der Waals surface area contributed by atoms with Gasteiger partial charge in [0.25, 0.3) is 5.91 Å². The summed E-state index contributed by atoms with van der Waals surface area (Å²) in [6.07, 6.45) is 3.14. The summed E-state index contributed by atoms with van der Waals surface area (Å²) in [6, 6.07) is 0. The Morgan fingerprint density at radius 3 is 3.07 bits per heavy atom. The molecule has 2 aromatic heterocycles. The normalized spacial score (nSPS) is 10.2. The first kappa shape index (κ1) is 9.78. The Balaban J connectivity index is 1.95. The van der Waals surface area contributed by atoms with Gasteiger partial charge in [-0.15, -0.1) is 5.10 Å². The second-order valence-corrected chi connectivity index (χ2v) is 3.77. The number of nitrogens with zero attached hydrogens (tertiary/aromatic N) is 3. The molecule has 6 nitrogen and oxygen atoms in total. The predicted octanol–water partition coefficient (Wildman–Crippen LogP) is 0.500. The second-order valence-electron chi connectivity index (χ2n) is 2.98. The van der Waals surface area contributed by atoms with E-state index in [2.05, 4.69) is 25.1 Å². The van der Waals surface area contributed by atoms with Crippen molar-refractivity contribution in [2.24, 2.45) is 0 Å². The monoisotopic (exact) mass is 223 g/mol. The fourth-order valence-corrected chi connectivity index (χ4v) is 1.52. The molecule has 0 aliphatic heterocycles. The van der Waals surface area contributed by atoms with Gasteiger partial charge < -0.3 is 5.32 Å². The molecule has 2 heterocycles. The maximum atomic E-state index is 11.5. The van der Waals surface area contributed by atoms with E-state index in [4.69, 9.17) is 0 Å². The summed E-state index contributed by atoms with van der Waals surface area (Å²) in [6.45, 7) is 2.36. The van der Waals surface area contributed by atoms with Gasteiger partial charge >= 0.3 is 0 Å². The Bertz CT molecular complexity index is 449. The summed E-state index contributed by atoms with van der Waals surface area (Å²) in [5.74, 6) is -0.161. The Labute approximate surface area is 89.9 Å². The minimum Gasteiger partial charge on any atom is -0.347 e. The van der Waals surface area contributed by atoms with Gasteiger partial charge in [0.2, 0.25) is 0 Å². The van der Waals surface area contributed by atoms with E-state index in [9.17, 15) is 4.79 Å². The molecule has 0 bridgehead atoms. The van der Waals surface area contributed by atoms with E-state index in [0.717, 1.165) is 22.8 Å². The lowest BCUT2D eigenvalue weighted by atomic mass is 10.2. The highest BCUT2D eigenvalue weighted by Crippen LogP contribution is 2.04. The van der Waals surface area contributed by atoms with Crippen molar-refractivity contribution in [2.75, 3.05) is 0 Å². The molecular formula is C8H9N5OS. The van der Waals surface area contributed by atoms with Crippen molar-refractivity contribution in [1.29, 1.82) is 0 Å². The molecule has 0 unspecified atom stereocenters. The van der Waals surface area contributed by atoms with Crippen molar-refractivity contribution in [1.82, 2.24) is 25.1 Å². The Morgan fingerprint density at radius 2 is 2.47 bits per heavy atom. The van der Waals surface area contributed by atoms with Crippen LogP contribution < -0.4 is 5.32 Å². The van der Waals surface area contributed by atoms with E-state index < -0.39 is 0 Å². The van der Waals surface area contributed by atoms with Crippen LogP contribution in [-0.2, 0) is 6.54 Å². The van der Waals surface area contributed by atoms with Gasteiger partial charge in [0.1, 0.15) is 4.88 Å².